The Bertz CT molecular complexity index is 472. The Morgan fingerprint density at radius 2 is 2.08 bits per heavy atom. The van der Waals surface area contributed by atoms with E-state index in [2.05, 4.69) is 6.92 Å². The molecule has 2 rings (SSSR count). The number of phenolic OH excluding ortho intramolecular Hbond substituents is 1. The summed E-state index contributed by atoms with van der Waals surface area (Å²) in [5.41, 5.74) is 0.307. The Kier molecular flexibility index (Phi) is 10.7. The number of hydrogen-bond acceptors (Lipinski definition) is 4. The Balaban J connectivity index is 0.000000254. The maximum Gasteiger partial charge on any atom is 0.252 e. The van der Waals surface area contributed by atoms with Gasteiger partial charge in [0.05, 0.1) is 12.2 Å². The second-order valence-electron chi connectivity index (χ2n) is 6.15. The molecule has 1 saturated heterocycles. The van der Waals surface area contributed by atoms with Gasteiger partial charge < -0.3 is 14.9 Å². The molecule has 0 aromatic heterocycles. The summed E-state index contributed by atoms with van der Waals surface area (Å²) >= 11 is 5.13. The fourth-order valence-corrected chi connectivity index (χ4v) is 2.79. The number of carbonyl (C=O) groups excluding carboxylic acids is 1. The number of unbranched alkanes of at least 4 members (excludes halogenated alkanes) is 4. The largest absolute Gasteiger partial charge is 0.508 e. The van der Waals surface area contributed by atoms with Crippen molar-refractivity contribution in [2.75, 3.05) is 6.61 Å². The molecule has 2 atom stereocenters. The minimum atomic E-state index is -0.559. The van der Waals surface area contributed by atoms with E-state index in [1.54, 1.807) is 6.07 Å². The van der Waals surface area contributed by atoms with Gasteiger partial charge >= 0.3 is 0 Å². The van der Waals surface area contributed by atoms with Gasteiger partial charge in [0.25, 0.3) is 5.24 Å². The van der Waals surface area contributed by atoms with Gasteiger partial charge in [-0.05, 0) is 49.1 Å². The molecule has 0 saturated carbocycles. The van der Waals surface area contributed by atoms with E-state index in [0.717, 1.165) is 32.3 Å². The first-order chi connectivity index (χ1) is 11.5. The summed E-state index contributed by atoms with van der Waals surface area (Å²) in [4.78, 5) is 10.5. The Hall–Kier alpha value is -1.10. The van der Waals surface area contributed by atoms with Crippen LogP contribution >= 0.6 is 11.6 Å². The first kappa shape index (κ1) is 20.9. The van der Waals surface area contributed by atoms with E-state index in [4.69, 9.17) is 21.4 Å². The molecule has 0 spiro atoms. The molecule has 1 aromatic rings. The van der Waals surface area contributed by atoms with Gasteiger partial charge in [-0.1, -0.05) is 45.1 Å². The maximum absolute atomic E-state index is 10.5. The lowest BCUT2D eigenvalue weighted by Crippen LogP contribution is -2.24. The van der Waals surface area contributed by atoms with Gasteiger partial charge in [-0.15, -0.1) is 0 Å². The molecule has 24 heavy (non-hydrogen) atoms. The highest BCUT2D eigenvalue weighted by atomic mass is 35.5. The molecule has 1 aliphatic heterocycles. The SMILES string of the molecule is CCCCCCCC(O)C1CCCO1.O=C(Cl)c1cccc(O)c1. The fraction of sp³-hybridized carbons (Fsp3) is 0.632. The van der Waals surface area contributed by atoms with E-state index in [1.807, 2.05) is 0 Å². The third-order valence-corrected chi connectivity index (χ3v) is 4.29. The summed E-state index contributed by atoms with van der Waals surface area (Å²) in [5, 5.41) is 18.1. The number of ether oxygens (including phenoxy) is 1. The van der Waals surface area contributed by atoms with Gasteiger partial charge in [-0.25, -0.2) is 0 Å². The second kappa shape index (κ2) is 12.3. The quantitative estimate of drug-likeness (QED) is 0.525. The Labute approximate surface area is 149 Å². The van der Waals surface area contributed by atoms with Crippen molar-refractivity contribution in [1.82, 2.24) is 0 Å². The second-order valence-corrected chi connectivity index (χ2v) is 6.49. The predicted octanol–water partition coefficient (Wildman–Crippen LogP) is 4.66. The van der Waals surface area contributed by atoms with Crippen molar-refractivity contribution in [1.29, 1.82) is 0 Å². The van der Waals surface area contributed by atoms with Gasteiger partial charge in [0.2, 0.25) is 0 Å². The van der Waals surface area contributed by atoms with Crippen LogP contribution in [0.3, 0.4) is 0 Å². The van der Waals surface area contributed by atoms with Crippen LogP contribution in [0.4, 0.5) is 0 Å². The van der Waals surface area contributed by atoms with Crippen LogP contribution in [-0.4, -0.2) is 34.3 Å². The first-order valence-corrected chi connectivity index (χ1v) is 9.21. The van der Waals surface area contributed by atoms with Crippen molar-refractivity contribution >= 4 is 16.8 Å². The molecule has 5 heteroatoms. The standard InChI is InChI=1S/C12H24O2.C7H5ClO2/c1-2-3-4-5-6-8-11(13)12-9-7-10-14-12;8-7(10)5-2-1-3-6(9)4-5/h11-13H,2-10H2,1H3;1-4,9H. The van der Waals surface area contributed by atoms with Crippen LogP contribution in [-0.2, 0) is 4.74 Å². The van der Waals surface area contributed by atoms with E-state index < -0.39 is 5.24 Å². The summed E-state index contributed by atoms with van der Waals surface area (Å²) in [6, 6.07) is 5.89. The zero-order valence-electron chi connectivity index (χ0n) is 14.4. The average molecular weight is 357 g/mol. The first-order valence-electron chi connectivity index (χ1n) is 8.83. The predicted molar refractivity (Wildman–Crippen MR) is 96.6 cm³/mol. The number of rotatable bonds is 8. The summed E-state index contributed by atoms with van der Waals surface area (Å²) in [7, 11) is 0. The molecule has 0 bridgehead atoms. The third-order valence-electron chi connectivity index (χ3n) is 4.07. The lowest BCUT2D eigenvalue weighted by molar-refractivity contribution is -0.00636. The van der Waals surface area contributed by atoms with Crippen LogP contribution in [0.1, 0.15) is 68.6 Å². The van der Waals surface area contributed by atoms with Gasteiger partial charge in [-0.3, -0.25) is 4.79 Å². The van der Waals surface area contributed by atoms with Crippen LogP contribution in [0.15, 0.2) is 24.3 Å². The molecule has 1 aromatic carbocycles. The van der Waals surface area contributed by atoms with Crippen molar-refractivity contribution in [3.05, 3.63) is 29.8 Å². The number of carbonyl (C=O) groups is 1. The van der Waals surface area contributed by atoms with E-state index in [1.165, 1.54) is 43.9 Å². The molecule has 2 N–H and O–H groups in total. The van der Waals surface area contributed by atoms with Gasteiger partial charge in [0, 0.05) is 12.2 Å². The maximum atomic E-state index is 10.5. The minimum absolute atomic E-state index is 0.0477. The molecule has 4 nitrogen and oxygen atoms in total. The topological polar surface area (TPSA) is 66.8 Å². The summed E-state index contributed by atoms with van der Waals surface area (Å²) in [5.74, 6) is 0.0477. The van der Waals surface area contributed by atoms with Crippen molar-refractivity contribution in [2.24, 2.45) is 0 Å². The zero-order chi connectivity index (χ0) is 17.8. The molecule has 1 fully saturated rings. The average Bonchev–Trinajstić information content (AvgIpc) is 3.09. The molecule has 0 radical (unpaired) electrons. The van der Waals surface area contributed by atoms with Crippen LogP contribution in [0, 0.1) is 0 Å². The number of phenols is 1. The van der Waals surface area contributed by atoms with E-state index in [0.29, 0.717) is 5.56 Å². The Morgan fingerprint density at radius 1 is 1.33 bits per heavy atom. The zero-order valence-corrected chi connectivity index (χ0v) is 15.2. The van der Waals surface area contributed by atoms with E-state index in [9.17, 15) is 9.90 Å². The highest BCUT2D eigenvalue weighted by molar-refractivity contribution is 6.67. The molecule has 1 aliphatic rings. The summed E-state index contributed by atoms with van der Waals surface area (Å²) < 4.78 is 5.44. The molecular weight excluding hydrogens is 328 g/mol. The van der Waals surface area contributed by atoms with Gasteiger partial charge in [-0.2, -0.15) is 0 Å². The van der Waals surface area contributed by atoms with E-state index >= 15 is 0 Å². The van der Waals surface area contributed by atoms with E-state index in [-0.39, 0.29) is 18.0 Å². The lowest BCUT2D eigenvalue weighted by atomic mass is 10.0. The smallest absolute Gasteiger partial charge is 0.252 e. The normalized spacial score (nSPS) is 17.9. The number of benzene rings is 1. The number of halogens is 1. The number of aromatic hydroxyl groups is 1. The third kappa shape index (κ3) is 8.67. The summed E-state index contributed by atoms with van der Waals surface area (Å²) in [6.45, 7) is 3.07. The fourth-order valence-electron chi connectivity index (χ4n) is 2.68. The lowest BCUT2D eigenvalue weighted by Gasteiger charge is -2.16. The van der Waals surface area contributed by atoms with Crippen molar-refractivity contribution in [3.63, 3.8) is 0 Å². The van der Waals surface area contributed by atoms with Crippen LogP contribution in [0.5, 0.6) is 5.75 Å². The summed E-state index contributed by atoms with van der Waals surface area (Å²) in [6.07, 6.45) is 9.38. The molecule has 136 valence electrons. The highest BCUT2D eigenvalue weighted by Crippen LogP contribution is 2.19. The van der Waals surface area contributed by atoms with Gasteiger partial charge in [0.15, 0.2) is 0 Å². The van der Waals surface area contributed by atoms with Crippen molar-refractivity contribution in [3.8, 4) is 5.75 Å². The number of aliphatic hydroxyl groups excluding tert-OH is 1. The van der Waals surface area contributed by atoms with Crippen molar-refractivity contribution in [2.45, 2.75) is 70.5 Å². The van der Waals surface area contributed by atoms with Gasteiger partial charge in [0.1, 0.15) is 5.75 Å². The number of aliphatic hydroxyl groups is 1. The molecule has 0 aliphatic carbocycles. The molecule has 2 unspecified atom stereocenters. The molecular formula is C19H29ClO4. The monoisotopic (exact) mass is 356 g/mol. The molecule has 0 amide bonds. The van der Waals surface area contributed by atoms with Crippen molar-refractivity contribution < 1.29 is 19.7 Å². The molecule has 1 heterocycles. The Morgan fingerprint density at radius 3 is 2.62 bits per heavy atom. The van der Waals surface area contributed by atoms with Crippen LogP contribution < -0.4 is 0 Å². The highest BCUT2D eigenvalue weighted by Gasteiger charge is 2.23. The number of hydrogen-bond donors (Lipinski definition) is 2. The minimum Gasteiger partial charge on any atom is -0.508 e. The van der Waals surface area contributed by atoms with Crippen LogP contribution in [0.25, 0.3) is 0 Å². The van der Waals surface area contributed by atoms with Crippen LogP contribution in [0.2, 0.25) is 0 Å².